The van der Waals surface area contributed by atoms with Gasteiger partial charge in [0.1, 0.15) is 0 Å². The third kappa shape index (κ3) is 2.22. The maximum Gasteiger partial charge on any atom is 0.165 e. The lowest BCUT2D eigenvalue weighted by atomic mass is 10.0. The fraction of sp³-hybridized carbons (Fsp3) is 0.400. The van der Waals surface area contributed by atoms with Gasteiger partial charge in [-0.1, -0.05) is 11.6 Å². The van der Waals surface area contributed by atoms with Crippen LogP contribution in [0.2, 0.25) is 5.02 Å². The molecule has 1 aromatic rings. The fourth-order valence-electron chi connectivity index (χ4n) is 1.30. The zero-order valence-electron chi connectivity index (χ0n) is 8.46. The Morgan fingerprint density at radius 1 is 1.53 bits per heavy atom. The molecule has 0 saturated carbocycles. The Hall–Kier alpha value is -0.840. The lowest BCUT2D eigenvalue weighted by molar-refractivity contribution is 0.149. The van der Waals surface area contributed by atoms with Crippen molar-refractivity contribution in [3.05, 3.63) is 28.0 Å². The molecule has 2 unspecified atom stereocenters. The van der Waals surface area contributed by atoms with Crippen molar-refractivity contribution >= 4 is 11.6 Å². The smallest absolute Gasteiger partial charge is 0.165 e. The summed E-state index contributed by atoms with van der Waals surface area (Å²) in [7, 11) is 0. The summed E-state index contributed by atoms with van der Waals surface area (Å²) in [5.41, 5.74) is 5.86. The summed E-state index contributed by atoms with van der Waals surface area (Å²) in [6.45, 7) is 3.13. The molecule has 0 aromatic heterocycles. The summed E-state index contributed by atoms with van der Waals surface area (Å²) < 4.78 is 13.2. The van der Waals surface area contributed by atoms with Crippen molar-refractivity contribution in [2.75, 3.05) is 0 Å². The molecule has 0 aliphatic rings. The van der Waals surface area contributed by atoms with Crippen molar-refractivity contribution in [3.8, 4) is 5.75 Å². The molecular formula is C10H13ClFNO2. The standard InChI is InChI=1S/C10H13ClFNO2/c1-4-3-6(12)10(15)7(8(4)11)9(14)5(2)13/h3,5,9,14-15H,13H2,1-2H3. The van der Waals surface area contributed by atoms with Crippen LogP contribution in [0.1, 0.15) is 24.2 Å². The highest BCUT2D eigenvalue weighted by Crippen LogP contribution is 2.36. The number of aliphatic hydroxyl groups excluding tert-OH is 1. The number of rotatable bonds is 2. The molecule has 0 fully saturated rings. The molecule has 0 aliphatic heterocycles. The molecule has 1 rings (SSSR count). The van der Waals surface area contributed by atoms with Crippen LogP contribution in [-0.4, -0.2) is 16.3 Å². The largest absolute Gasteiger partial charge is 0.505 e. The Morgan fingerprint density at radius 2 is 2.07 bits per heavy atom. The molecule has 0 amide bonds. The van der Waals surface area contributed by atoms with Gasteiger partial charge >= 0.3 is 0 Å². The summed E-state index contributed by atoms with van der Waals surface area (Å²) >= 11 is 5.87. The van der Waals surface area contributed by atoms with Gasteiger partial charge in [-0.2, -0.15) is 0 Å². The third-order valence-corrected chi connectivity index (χ3v) is 2.70. The molecule has 1 aromatic carbocycles. The van der Waals surface area contributed by atoms with E-state index in [0.717, 1.165) is 6.07 Å². The average Bonchev–Trinajstić information content (AvgIpc) is 2.15. The van der Waals surface area contributed by atoms with Gasteiger partial charge in [0.05, 0.1) is 11.1 Å². The maximum absolute atomic E-state index is 13.2. The Bertz CT molecular complexity index is 356. The number of aromatic hydroxyl groups is 1. The van der Waals surface area contributed by atoms with Crippen LogP contribution in [0.25, 0.3) is 0 Å². The minimum absolute atomic E-state index is 0.0517. The minimum atomic E-state index is -1.19. The van der Waals surface area contributed by atoms with Crippen molar-refractivity contribution in [1.82, 2.24) is 0 Å². The number of nitrogens with two attached hydrogens (primary N) is 1. The van der Waals surface area contributed by atoms with E-state index in [1.54, 1.807) is 13.8 Å². The second-order valence-corrected chi connectivity index (χ2v) is 3.93. The van der Waals surface area contributed by atoms with E-state index in [-0.39, 0.29) is 10.6 Å². The lowest BCUT2D eigenvalue weighted by Crippen LogP contribution is -2.25. The monoisotopic (exact) mass is 233 g/mol. The van der Waals surface area contributed by atoms with Crippen molar-refractivity contribution in [3.63, 3.8) is 0 Å². The summed E-state index contributed by atoms with van der Waals surface area (Å²) in [5, 5.41) is 19.3. The Labute approximate surface area is 92.3 Å². The van der Waals surface area contributed by atoms with Crippen molar-refractivity contribution in [1.29, 1.82) is 0 Å². The molecule has 84 valence electrons. The van der Waals surface area contributed by atoms with Gasteiger partial charge in [-0.15, -0.1) is 0 Å². The van der Waals surface area contributed by atoms with Gasteiger partial charge in [-0.25, -0.2) is 4.39 Å². The summed E-state index contributed by atoms with van der Waals surface area (Å²) in [5.74, 6) is -1.46. The number of phenols is 1. The third-order valence-electron chi connectivity index (χ3n) is 2.20. The highest BCUT2D eigenvalue weighted by Gasteiger charge is 2.23. The van der Waals surface area contributed by atoms with Gasteiger partial charge in [-0.3, -0.25) is 0 Å². The predicted octanol–water partition coefficient (Wildman–Crippen LogP) is 1.87. The van der Waals surface area contributed by atoms with E-state index in [2.05, 4.69) is 0 Å². The van der Waals surface area contributed by atoms with Crippen LogP contribution in [0, 0.1) is 12.7 Å². The van der Waals surface area contributed by atoms with E-state index in [0.29, 0.717) is 5.56 Å². The zero-order chi connectivity index (χ0) is 11.7. The average molecular weight is 234 g/mol. The SMILES string of the molecule is Cc1cc(F)c(O)c(C(O)C(C)N)c1Cl. The molecular weight excluding hydrogens is 221 g/mol. The van der Waals surface area contributed by atoms with Crippen LogP contribution in [0.4, 0.5) is 4.39 Å². The highest BCUT2D eigenvalue weighted by molar-refractivity contribution is 6.32. The van der Waals surface area contributed by atoms with Crippen LogP contribution in [0.15, 0.2) is 6.07 Å². The van der Waals surface area contributed by atoms with Crippen LogP contribution in [0.3, 0.4) is 0 Å². The molecule has 0 bridgehead atoms. The number of aliphatic hydroxyl groups is 1. The molecule has 3 nitrogen and oxygen atoms in total. The zero-order valence-corrected chi connectivity index (χ0v) is 9.22. The van der Waals surface area contributed by atoms with Gasteiger partial charge in [0.25, 0.3) is 0 Å². The Kier molecular flexibility index (Phi) is 3.54. The van der Waals surface area contributed by atoms with Crippen LogP contribution in [0.5, 0.6) is 5.75 Å². The van der Waals surface area contributed by atoms with E-state index in [9.17, 15) is 14.6 Å². The van der Waals surface area contributed by atoms with Gasteiger partial charge in [-0.05, 0) is 25.5 Å². The van der Waals surface area contributed by atoms with Gasteiger partial charge in [0.2, 0.25) is 0 Å². The van der Waals surface area contributed by atoms with Crippen molar-refractivity contribution in [2.45, 2.75) is 26.0 Å². The first-order valence-electron chi connectivity index (χ1n) is 4.47. The van der Waals surface area contributed by atoms with E-state index in [4.69, 9.17) is 17.3 Å². The molecule has 5 heteroatoms. The van der Waals surface area contributed by atoms with Crippen molar-refractivity contribution < 1.29 is 14.6 Å². The molecule has 0 aliphatic carbocycles. The van der Waals surface area contributed by atoms with E-state index >= 15 is 0 Å². The van der Waals surface area contributed by atoms with E-state index < -0.39 is 23.7 Å². The second-order valence-electron chi connectivity index (χ2n) is 3.56. The number of benzene rings is 1. The number of hydrogen-bond donors (Lipinski definition) is 3. The molecule has 15 heavy (non-hydrogen) atoms. The second kappa shape index (κ2) is 4.35. The molecule has 0 spiro atoms. The first kappa shape index (κ1) is 12.2. The number of hydrogen-bond acceptors (Lipinski definition) is 3. The van der Waals surface area contributed by atoms with Crippen LogP contribution in [-0.2, 0) is 0 Å². The van der Waals surface area contributed by atoms with Crippen LogP contribution >= 0.6 is 11.6 Å². The summed E-state index contributed by atoms with van der Waals surface area (Å²) in [6, 6.07) is 0.462. The predicted molar refractivity (Wildman–Crippen MR) is 56.4 cm³/mol. The fourth-order valence-corrected chi connectivity index (χ4v) is 1.56. The van der Waals surface area contributed by atoms with Gasteiger partial charge in [0.15, 0.2) is 11.6 Å². The number of aryl methyl sites for hydroxylation is 1. The number of halogens is 2. The lowest BCUT2D eigenvalue weighted by Gasteiger charge is -2.19. The summed E-state index contributed by atoms with van der Waals surface area (Å²) in [6.07, 6.45) is -1.19. The van der Waals surface area contributed by atoms with Gasteiger partial charge < -0.3 is 15.9 Å². The normalized spacial score (nSPS) is 15.1. The molecule has 0 saturated heterocycles. The van der Waals surface area contributed by atoms with Crippen LogP contribution < -0.4 is 5.73 Å². The first-order valence-corrected chi connectivity index (χ1v) is 4.85. The number of phenolic OH excluding ortho intramolecular Hbond substituents is 1. The van der Waals surface area contributed by atoms with Crippen molar-refractivity contribution in [2.24, 2.45) is 5.73 Å². The Balaban J connectivity index is 3.39. The quantitative estimate of drug-likeness (QED) is 0.731. The first-order chi connectivity index (χ1) is 6.86. The Morgan fingerprint density at radius 3 is 2.53 bits per heavy atom. The molecule has 4 N–H and O–H groups in total. The minimum Gasteiger partial charge on any atom is -0.505 e. The van der Waals surface area contributed by atoms with E-state index in [1.807, 2.05) is 0 Å². The topological polar surface area (TPSA) is 66.5 Å². The summed E-state index contributed by atoms with van der Waals surface area (Å²) in [4.78, 5) is 0. The van der Waals surface area contributed by atoms with Gasteiger partial charge in [0, 0.05) is 11.6 Å². The molecule has 2 atom stereocenters. The molecule has 0 radical (unpaired) electrons. The molecule has 0 heterocycles. The van der Waals surface area contributed by atoms with E-state index in [1.165, 1.54) is 0 Å². The highest BCUT2D eigenvalue weighted by atomic mass is 35.5. The maximum atomic E-state index is 13.2.